The normalized spacial score (nSPS) is 25.3. The zero-order valence-corrected chi connectivity index (χ0v) is 12.9. The summed E-state index contributed by atoms with van der Waals surface area (Å²) in [5.74, 6) is 0.827. The maximum Gasteiger partial charge on any atom is 0.0655 e. The van der Waals surface area contributed by atoms with Crippen LogP contribution in [0.3, 0.4) is 0 Å². The molecule has 0 aliphatic heterocycles. The second-order valence-corrected chi connectivity index (χ2v) is 5.75. The number of nitrogens with zero attached hydrogens (tertiary/aromatic N) is 1. The van der Waals surface area contributed by atoms with Crippen molar-refractivity contribution in [2.24, 2.45) is 11.8 Å². The topological polar surface area (TPSA) is 35.8 Å². The zero-order chi connectivity index (χ0) is 14.3. The van der Waals surface area contributed by atoms with Gasteiger partial charge in [-0.15, -0.1) is 0 Å². The highest BCUT2D eigenvalue weighted by Gasteiger charge is 2.22. The van der Waals surface area contributed by atoms with Crippen LogP contribution in [0.25, 0.3) is 0 Å². The molecule has 1 aliphatic rings. The SMILES string of the molecule is C/C=C(\C(=C/CC)NC1CCC(C#N)CC1)C(C)C. The minimum absolute atomic E-state index is 0.281. The van der Waals surface area contributed by atoms with E-state index in [1.807, 2.05) is 0 Å². The van der Waals surface area contributed by atoms with Gasteiger partial charge >= 0.3 is 0 Å². The predicted molar refractivity (Wildman–Crippen MR) is 81.5 cm³/mol. The van der Waals surface area contributed by atoms with Gasteiger partial charge in [-0.25, -0.2) is 0 Å². The average Bonchev–Trinajstić information content (AvgIpc) is 2.40. The van der Waals surface area contributed by atoms with Gasteiger partial charge in [-0.1, -0.05) is 32.9 Å². The molecule has 0 amide bonds. The Balaban J connectivity index is 2.66. The number of hydrogen-bond acceptors (Lipinski definition) is 2. The van der Waals surface area contributed by atoms with Crippen LogP contribution in [0.15, 0.2) is 23.4 Å². The molecule has 2 nitrogen and oxygen atoms in total. The fraction of sp³-hybridized carbons (Fsp3) is 0.706. The van der Waals surface area contributed by atoms with Gasteiger partial charge < -0.3 is 5.32 Å². The molecule has 106 valence electrons. The van der Waals surface area contributed by atoms with E-state index in [0.717, 1.165) is 32.1 Å². The molecule has 1 saturated carbocycles. The molecular formula is C17H28N2. The van der Waals surface area contributed by atoms with Crippen LogP contribution < -0.4 is 5.32 Å². The van der Waals surface area contributed by atoms with E-state index in [2.05, 4.69) is 51.2 Å². The molecule has 2 heteroatoms. The van der Waals surface area contributed by atoms with Crippen LogP contribution in [-0.2, 0) is 0 Å². The van der Waals surface area contributed by atoms with Crippen molar-refractivity contribution < 1.29 is 0 Å². The molecule has 1 fully saturated rings. The summed E-state index contributed by atoms with van der Waals surface area (Å²) in [7, 11) is 0. The summed E-state index contributed by atoms with van der Waals surface area (Å²) in [4.78, 5) is 0. The van der Waals surface area contributed by atoms with Gasteiger partial charge in [-0.3, -0.25) is 0 Å². The Hall–Kier alpha value is -1.23. The molecule has 1 rings (SSSR count). The lowest BCUT2D eigenvalue weighted by Crippen LogP contribution is -2.33. The van der Waals surface area contributed by atoms with Gasteiger partial charge in [0.15, 0.2) is 0 Å². The van der Waals surface area contributed by atoms with Crippen LogP contribution in [0.4, 0.5) is 0 Å². The van der Waals surface area contributed by atoms with Gasteiger partial charge in [0.25, 0.3) is 0 Å². The smallest absolute Gasteiger partial charge is 0.0655 e. The van der Waals surface area contributed by atoms with E-state index >= 15 is 0 Å². The number of nitriles is 1. The van der Waals surface area contributed by atoms with Gasteiger partial charge in [0, 0.05) is 17.7 Å². The van der Waals surface area contributed by atoms with Crippen molar-refractivity contribution in [3.63, 3.8) is 0 Å². The Bertz CT molecular complexity index is 363. The Kier molecular flexibility index (Phi) is 6.70. The summed E-state index contributed by atoms with van der Waals surface area (Å²) in [6.45, 7) is 8.79. The lowest BCUT2D eigenvalue weighted by Gasteiger charge is -2.29. The van der Waals surface area contributed by atoms with E-state index in [4.69, 9.17) is 5.26 Å². The fourth-order valence-electron chi connectivity index (χ4n) is 2.85. The highest BCUT2D eigenvalue weighted by atomic mass is 14.9. The van der Waals surface area contributed by atoms with Crippen molar-refractivity contribution in [1.29, 1.82) is 5.26 Å². The Morgan fingerprint density at radius 1 is 1.32 bits per heavy atom. The third kappa shape index (κ3) is 4.74. The first-order valence-electron chi connectivity index (χ1n) is 7.65. The predicted octanol–water partition coefficient (Wildman–Crippen LogP) is 4.55. The quantitative estimate of drug-likeness (QED) is 0.736. The van der Waals surface area contributed by atoms with E-state index in [1.165, 1.54) is 11.3 Å². The third-order valence-corrected chi connectivity index (χ3v) is 3.92. The average molecular weight is 260 g/mol. The molecule has 19 heavy (non-hydrogen) atoms. The van der Waals surface area contributed by atoms with Crippen LogP contribution in [0.2, 0.25) is 0 Å². The first kappa shape index (κ1) is 15.8. The van der Waals surface area contributed by atoms with E-state index in [0.29, 0.717) is 12.0 Å². The summed E-state index contributed by atoms with van der Waals surface area (Å²) in [5.41, 5.74) is 2.71. The van der Waals surface area contributed by atoms with Crippen molar-refractivity contribution in [2.75, 3.05) is 0 Å². The first-order valence-corrected chi connectivity index (χ1v) is 7.65. The monoisotopic (exact) mass is 260 g/mol. The van der Waals surface area contributed by atoms with Crippen LogP contribution in [0.5, 0.6) is 0 Å². The number of allylic oxidation sites excluding steroid dienone is 3. The Morgan fingerprint density at radius 2 is 1.95 bits per heavy atom. The maximum atomic E-state index is 8.95. The lowest BCUT2D eigenvalue weighted by atomic mass is 9.86. The summed E-state index contributed by atoms with van der Waals surface area (Å²) >= 11 is 0. The number of hydrogen-bond donors (Lipinski definition) is 1. The molecule has 0 aromatic rings. The standard InChI is InChI=1S/C17H28N2/c1-5-7-17(16(6-2)13(3)4)19-15-10-8-14(12-18)9-11-15/h6-7,13-15,19H,5,8-11H2,1-4H3/b16-6-,17-7+. The van der Waals surface area contributed by atoms with Crippen LogP contribution >= 0.6 is 0 Å². The van der Waals surface area contributed by atoms with Gasteiger partial charge in [0.2, 0.25) is 0 Å². The van der Waals surface area contributed by atoms with Crippen molar-refractivity contribution in [3.8, 4) is 6.07 Å². The number of nitrogens with one attached hydrogen (secondary N) is 1. The molecule has 0 aromatic carbocycles. The Morgan fingerprint density at radius 3 is 2.37 bits per heavy atom. The summed E-state index contributed by atoms with van der Waals surface area (Å²) in [6.07, 6.45) is 9.90. The second-order valence-electron chi connectivity index (χ2n) is 5.75. The minimum Gasteiger partial charge on any atom is -0.382 e. The first-order chi connectivity index (χ1) is 9.12. The van der Waals surface area contributed by atoms with E-state index in [9.17, 15) is 0 Å². The molecular weight excluding hydrogens is 232 g/mol. The van der Waals surface area contributed by atoms with Crippen molar-refractivity contribution in [2.45, 2.75) is 65.8 Å². The molecule has 0 radical (unpaired) electrons. The molecule has 0 bridgehead atoms. The fourth-order valence-corrected chi connectivity index (χ4v) is 2.85. The second kappa shape index (κ2) is 8.04. The van der Waals surface area contributed by atoms with Crippen molar-refractivity contribution in [1.82, 2.24) is 5.32 Å². The highest BCUT2D eigenvalue weighted by Crippen LogP contribution is 2.26. The Labute approximate surface area is 118 Å². The van der Waals surface area contributed by atoms with Gasteiger partial charge in [0.05, 0.1) is 6.07 Å². The lowest BCUT2D eigenvalue weighted by molar-refractivity contribution is 0.348. The van der Waals surface area contributed by atoms with E-state index in [-0.39, 0.29) is 5.92 Å². The zero-order valence-electron chi connectivity index (χ0n) is 12.9. The summed E-state index contributed by atoms with van der Waals surface area (Å²) in [5, 5.41) is 12.7. The molecule has 0 spiro atoms. The van der Waals surface area contributed by atoms with Gasteiger partial charge in [-0.05, 0) is 50.5 Å². The highest BCUT2D eigenvalue weighted by molar-refractivity contribution is 5.31. The van der Waals surface area contributed by atoms with Gasteiger partial charge in [0.1, 0.15) is 0 Å². The summed E-state index contributed by atoms with van der Waals surface area (Å²) < 4.78 is 0. The van der Waals surface area contributed by atoms with E-state index < -0.39 is 0 Å². The van der Waals surface area contributed by atoms with E-state index in [1.54, 1.807) is 0 Å². The van der Waals surface area contributed by atoms with Crippen LogP contribution in [0.1, 0.15) is 59.8 Å². The molecule has 0 unspecified atom stereocenters. The van der Waals surface area contributed by atoms with Crippen molar-refractivity contribution in [3.05, 3.63) is 23.4 Å². The largest absolute Gasteiger partial charge is 0.382 e. The molecule has 0 heterocycles. The molecule has 0 saturated heterocycles. The number of rotatable bonds is 5. The molecule has 1 N–H and O–H groups in total. The summed E-state index contributed by atoms with van der Waals surface area (Å²) in [6, 6.07) is 2.94. The third-order valence-electron chi connectivity index (χ3n) is 3.92. The van der Waals surface area contributed by atoms with Crippen LogP contribution in [0, 0.1) is 23.2 Å². The van der Waals surface area contributed by atoms with Crippen molar-refractivity contribution >= 4 is 0 Å². The molecule has 0 atom stereocenters. The molecule has 0 aromatic heterocycles. The van der Waals surface area contributed by atoms with Crippen LogP contribution in [-0.4, -0.2) is 6.04 Å². The van der Waals surface area contributed by atoms with Gasteiger partial charge in [-0.2, -0.15) is 5.26 Å². The maximum absolute atomic E-state index is 8.95. The molecule has 1 aliphatic carbocycles. The minimum atomic E-state index is 0.281.